The summed E-state index contributed by atoms with van der Waals surface area (Å²) >= 11 is 0. The molecule has 6 heteroatoms. The molecule has 0 amide bonds. The van der Waals surface area contributed by atoms with Crippen molar-refractivity contribution in [3.8, 4) is 0 Å². The fraction of sp³-hybridized carbons (Fsp3) is 1.00. The highest BCUT2D eigenvalue weighted by Gasteiger charge is 2.49. The lowest BCUT2D eigenvalue weighted by molar-refractivity contribution is -0.377. The van der Waals surface area contributed by atoms with Crippen LogP contribution in [-0.4, -0.2) is 58.4 Å². The number of rotatable bonds is 0. The van der Waals surface area contributed by atoms with Crippen LogP contribution in [0.3, 0.4) is 0 Å². The van der Waals surface area contributed by atoms with Gasteiger partial charge in [-0.15, -0.1) is 0 Å². The van der Waals surface area contributed by atoms with Crippen molar-refractivity contribution < 1.29 is 29.5 Å². The number of hydrogen-bond donors (Lipinski definition) is 3. The molecule has 2 rings (SSSR count). The van der Waals surface area contributed by atoms with Gasteiger partial charge in [0.25, 0.3) is 0 Å². The van der Waals surface area contributed by atoms with Gasteiger partial charge in [-0.05, 0) is 13.8 Å². The van der Waals surface area contributed by atoms with Crippen LogP contribution in [0.15, 0.2) is 0 Å². The summed E-state index contributed by atoms with van der Waals surface area (Å²) in [7, 11) is 0. The highest BCUT2D eigenvalue weighted by atomic mass is 16.7. The summed E-state index contributed by atoms with van der Waals surface area (Å²) in [6.45, 7) is 3.65. The lowest BCUT2D eigenvalue weighted by Gasteiger charge is -2.47. The van der Waals surface area contributed by atoms with Crippen molar-refractivity contribution in [2.45, 2.75) is 50.3 Å². The van der Waals surface area contributed by atoms with Gasteiger partial charge in [-0.25, -0.2) is 0 Å². The zero-order chi connectivity index (χ0) is 11.2. The lowest BCUT2D eigenvalue weighted by atomic mass is 9.98. The molecular weight excluding hydrogens is 204 g/mol. The minimum Gasteiger partial charge on any atom is -0.387 e. The molecule has 0 spiro atoms. The van der Waals surface area contributed by atoms with Crippen molar-refractivity contribution in [2.75, 3.05) is 6.61 Å². The predicted octanol–water partition coefficient (Wildman–Crippen LogP) is -1.42. The van der Waals surface area contributed by atoms with E-state index in [0.29, 0.717) is 0 Å². The molecule has 0 radical (unpaired) electrons. The summed E-state index contributed by atoms with van der Waals surface area (Å²) < 4.78 is 15.8. The number of ether oxygens (including phenoxy) is 3. The maximum absolute atomic E-state index is 9.70. The van der Waals surface area contributed by atoms with E-state index < -0.39 is 36.5 Å². The van der Waals surface area contributed by atoms with Crippen molar-refractivity contribution in [3.63, 3.8) is 0 Å². The van der Waals surface area contributed by atoms with E-state index >= 15 is 0 Å². The highest BCUT2D eigenvalue weighted by Crippen LogP contribution is 2.31. The van der Waals surface area contributed by atoms with Crippen LogP contribution in [0, 0.1) is 0 Å². The summed E-state index contributed by atoms with van der Waals surface area (Å²) in [6, 6.07) is 0. The van der Waals surface area contributed by atoms with E-state index in [-0.39, 0.29) is 6.61 Å². The van der Waals surface area contributed by atoms with Gasteiger partial charge in [-0.2, -0.15) is 0 Å². The van der Waals surface area contributed by atoms with Crippen molar-refractivity contribution in [3.05, 3.63) is 0 Å². The summed E-state index contributed by atoms with van der Waals surface area (Å²) in [6.07, 6.45) is -5.13. The van der Waals surface area contributed by atoms with E-state index in [0.717, 1.165) is 0 Å². The van der Waals surface area contributed by atoms with Crippen LogP contribution in [0.5, 0.6) is 0 Å². The molecule has 6 nitrogen and oxygen atoms in total. The molecule has 0 aromatic heterocycles. The maximum atomic E-state index is 9.70. The summed E-state index contributed by atoms with van der Waals surface area (Å²) in [5.74, 6) is -0.812. The second kappa shape index (κ2) is 3.65. The third kappa shape index (κ3) is 2.01. The molecule has 0 saturated carbocycles. The van der Waals surface area contributed by atoms with Gasteiger partial charge < -0.3 is 29.5 Å². The zero-order valence-electron chi connectivity index (χ0n) is 8.66. The van der Waals surface area contributed by atoms with E-state index in [4.69, 9.17) is 14.2 Å². The molecule has 0 aromatic carbocycles. The molecule has 88 valence electrons. The number of aliphatic hydroxyl groups is 3. The first-order valence-corrected chi connectivity index (χ1v) is 4.92. The Labute approximate surface area is 87.4 Å². The monoisotopic (exact) mass is 220 g/mol. The van der Waals surface area contributed by atoms with Crippen molar-refractivity contribution in [2.24, 2.45) is 0 Å². The zero-order valence-corrected chi connectivity index (χ0v) is 8.66. The molecule has 2 heterocycles. The molecule has 0 bridgehead atoms. The standard InChI is InChI=1S/C9H16O6/c1-9(2)13-3-4-7(15-9)5(10)6(11)8(12)14-4/h4-8,10-12H,3H2,1-2H3/t4-,5-,6-,7+,8?/m1/s1. The van der Waals surface area contributed by atoms with Crippen LogP contribution in [0.1, 0.15) is 13.8 Å². The van der Waals surface area contributed by atoms with Crippen LogP contribution in [0.2, 0.25) is 0 Å². The van der Waals surface area contributed by atoms with Crippen molar-refractivity contribution in [1.29, 1.82) is 0 Å². The van der Waals surface area contributed by atoms with Crippen LogP contribution < -0.4 is 0 Å². The molecule has 0 aromatic rings. The van der Waals surface area contributed by atoms with Gasteiger partial charge >= 0.3 is 0 Å². The Hall–Kier alpha value is -0.240. The number of fused-ring (bicyclic) bond motifs is 1. The number of aliphatic hydroxyl groups excluding tert-OH is 3. The van der Waals surface area contributed by atoms with Crippen LogP contribution >= 0.6 is 0 Å². The number of hydrogen-bond acceptors (Lipinski definition) is 6. The molecule has 0 aliphatic carbocycles. The van der Waals surface area contributed by atoms with Crippen LogP contribution in [0.4, 0.5) is 0 Å². The Balaban J connectivity index is 2.12. The first-order valence-electron chi connectivity index (χ1n) is 4.92. The minimum absolute atomic E-state index is 0.221. The Morgan fingerprint density at radius 2 is 1.80 bits per heavy atom. The Morgan fingerprint density at radius 1 is 1.13 bits per heavy atom. The smallest absolute Gasteiger partial charge is 0.184 e. The van der Waals surface area contributed by atoms with Crippen LogP contribution in [-0.2, 0) is 14.2 Å². The van der Waals surface area contributed by atoms with Gasteiger partial charge in [0.2, 0.25) is 0 Å². The van der Waals surface area contributed by atoms with Gasteiger partial charge in [0, 0.05) is 0 Å². The third-order valence-electron chi connectivity index (χ3n) is 2.67. The second-order valence-corrected chi connectivity index (χ2v) is 4.34. The Morgan fingerprint density at radius 3 is 2.47 bits per heavy atom. The maximum Gasteiger partial charge on any atom is 0.184 e. The second-order valence-electron chi connectivity index (χ2n) is 4.34. The fourth-order valence-electron chi connectivity index (χ4n) is 1.84. The van der Waals surface area contributed by atoms with Gasteiger partial charge in [0.1, 0.15) is 24.4 Å². The average molecular weight is 220 g/mol. The Kier molecular flexibility index (Phi) is 2.74. The lowest BCUT2D eigenvalue weighted by Crippen LogP contribution is -2.64. The highest BCUT2D eigenvalue weighted by molar-refractivity contribution is 4.92. The van der Waals surface area contributed by atoms with Crippen molar-refractivity contribution >= 4 is 0 Å². The predicted molar refractivity (Wildman–Crippen MR) is 47.8 cm³/mol. The normalized spacial score (nSPS) is 49.8. The SMILES string of the molecule is CC1(C)OC[C@H]2OC(O)[C@H](O)[C@@H](O)[C@H]2O1. The molecule has 5 atom stereocenters. The first kappa shape index (κ1) is 11.3. The molecule has 1 unspecified atom stereocenters. The van der Waals surface area contributed by atoms with E-state index in [1.54, 1.807) is 13.8 Å². The summed E-state index contributed by atoms with van der Waals surface area (Å²) in [4.78, 5) is 0. The quantitative estimate of drug-likeness (QED) is 0.464. The molecule has 3 N–H and O–H groups in total. The largest absolute Gasteiger partial charge is 0.387 e. The molecule has 2 fully saturated rings. The molecular formula is C9H16O6. The fourth-order valence-corrected chi connectivity index (χ4v) is 1.84. The first-order chi connectivity index (χ1) is 6.91. The molecule has 2 aliphatic rings. The molecule has 2 saturated heterocycles. The summed E-state index contributed by atoms with van der Waals surface area (Å²) in [5, 5.41) is 28.4. The Bertz CT molecular complexity index is 241. The third-order valence-corrected chi connectivity index (χ3v) is 2.67. The van der Waals surface area contributed by atoms with E-state index in [2.05, 4.69) is 0 Å². The topological polar surface area (TPSA) is 88.4 Å². The van der Waals surface area contributed by atoms with Gasteiger partial charge in [0.05, 0.1) is 6.61 Å². The summed E-state index contributed by atoms with van der Waals surface area (Å²) in [5.41, 5.74) is 0. The van der Waals surface area contributed by atoms with Gasteiger partial charge in [-0.3, -0.25) is 0 Å². The van der Waals surface area contributed by atoms with E-state index in [9.17, 15) is 15.3 Å². The van der Waals surface area contributed by atoms with E-state index in [1.807, 2.05) is 0 Å². The van der Waals surface area contributed by atoms with Gasteiger partial charge in [0.15, 0.2) is 12.1 Å². The average Bonchev–Trinajstić information content (AvgIpc) is 2.16. The molecule has 2 aliphatic heterocycles. The van der Waals surface area contributed by atoms with Crippen LogP contribution in [0.25, 0.3) is 0 Å². The minimum atomic E-state index is -1.39. The van der Waals surface area contributed by atoms with Gasteiger partial charge in [-0.1, -0.05) is 0 Å². The van der Waals surface area contributed by atoms with E-state index in [1.165, 1.54) is 0 Å². The molecule has 15 heavy (non-hydrogen) atoms. The van der Waals surface area contributed by atoms with Crippen molar-refractivity contribution in [1.82, 2.24) is 0 Å².